The van der Waals surface area contributed by atoms with Gasteiger partial charge in [0.1, 0.15) is 5.78 Å². The SMILES string of the molecule is CCCCCCCCCCC(=O)CC#N. The van der Waals surface area contributed by atoms with Gasteiger partial charge in [0.25, 0.3) is 0 Å². The van der Waals surface area contributed by atoms with Gasteiger partial charge in [-0.05, 0) is 6.42 Å². The van der Waals surface area contributed by atoms with Crippen LogP contribution in [-0.2, 0) is 4.79 Å². The molecule has 0 unspecified atom stereocenters. The Bertz CT molecular complexity index is 193. The van der Waals surface area contributed by atoms with Crippen LogP contribution in [-0.4, -0.2) is 5.78 Å². The molecule has 0 atom stereocenters. The maximum absolute atomic E-state index is 11.0. The Hall–Kier alpha value is -0.840. The summed E-state index contributed by atoms with van der Waals surface area (Å²) in [5.74, 6) is 0.100. The summed E-state index contributed by atoms with van der Waals surface area (Å²) in [6.45, 7) is 2.22. The highest BCUT2D eigenvalue weighted by Gasteiger charge is 1.99. The summed E-state index contributed by atoms with van der Waals surface area (Å²) in [5, 5.41) is 8.29. The molecule has 15 heavy (non-hydrogen) atoms. The third-order valence-electron chi connectivity index (χ3n) is 2.59. The van der Waals surface area contributed by atoms with E-state index in [-0.39, 0.29) is 12.2 Å². The number of carbonyl (C=O) groups is 1. The first-order valence-electron chi connectivity index (χ1n) is 6.20. The number of unbranched alkanes of at least 4 members (excludes halogenated alkanes) is 7. The second kappa shape index (κ2) is 11.2. The van der Waals surface area contributed by atoms with Gasteiger partial charge in [0, 0.05) is 6.42 Å². The molecule has 0 aliphatic rings. The second-order valence-corrected chi connectivity index (χ2v) is 4.10. The maximum atomic E-state index is 11.0. The monoisotopic (exact) mass is 209 g/mol. The molecular weight excluding hydrogens is 186 g/mol. The predicted molar refractivity (Wildman–Crippen MR) is 62.5 cm³/mol. The van der Waals surface area contributed by atoms with Crippen LogP contribution in [0, 0.1) is 11.3 Å². The summed E-state index contributed by atoms with van der Waals surface area (Å²) in [7, 11) is 0. The van der Waals surface area contributed by atoms with Crippen molar-refractivity contribution in [3.8, 4) is 6.07 Å². The van der Waals surface area contributed by atoms with Crippen molar-refractivity contribution in [2.75, 3.05) is 0 Å². The van der Waals surface area contributed by atoms with Crippen LogP contribution in [0.1, 0.15) is 71.1 Å². The van der Waals surface area contributed by atoms with Crippen LogP contribution in [0.2, 0.25) is 0 Å². The van der Waals surface area contributed by atoms with Crippen LogP contribution in [0.3, 0.4) is 0 Å². The standard InChI is InChI=1S/C13H23NO/c1-2-3-4-5-6-7-8-9-10-13(15)11-12-14/h2-11H2,1H3. The topological polar surface area (TPSA) is 40.9 Å². The molecule has 0 radical (unpaired) electrons. The highest BCUT2D eigenvalue weighted by Crippen LogP contribution is 2.09. The highest BCUT2D eigenvalue weighted by molar-refractivity contribution is 5.80. The molecule has 0 bridgehead atoms. The summed E-state index contributed by atoms with van der Waals surface area (Å²) >= 11 is 0. The minimum Gasteiger partial charge on any atom is -0.299 e. The summed E-state index contributed by atoms with van der Waals surface area (Å²) in [6.07, 6.45) is 10.7. The molecule has 2 heteroatoms. The van der Waals surface area contributed by atoms with E-state index < -0.39 is 0 Å². The van der Waals surface area contributed by atoms with Gasteiger partial charge in [-0.1, -0.05) is 51.9 Å². The first-order chi connectivity index (χ1) is 7.31. The fourth-order valence-corrected chi connectivity index (χ4v) is 1.63. The largest absolute Gasteiger partial charge is 0.299 e. The Morgan fingerprint density at radius 2 is 1.53 bits per heavy atom. The van der Waals surface area contributed by atoms with Gasteiger partial charge in [0.2, 0.25) is 0 Å². The van der Waals surface area contributed by atoms with E-state index in [0.29, 0.717) is 6.42 Å². The van der Waals surface area contributed by atoms with Crippen molar-refractivity contribution in [2.24, 2.45) is 0 Å². The van der Waals surface area contributed by atoms with Crippen LogP contribution < -0.4 is 0 Å². The molecule has 0 aromatic heterocycles. The van der Waals surface area contributed by atoms with E-state index in [1.807, 2.05) is 6.07 Å². The molecule has 0 amide bonds. The lowest BCUT2D eigenvalue weighted by Gasteiger charge is -2.00. The van der Waals surface area contributed by atoms with E-state index in [9.17, 15) is 4.79 Å². The molecule has 0 rings (SSSR count). The molecule has 86 valence electrons. The molecule has 0 aliphatic heterocycles. The zero-order valence-electron chi connectivity index (χ0n) is 9.93. The van der Waals surface area contributed by atoms with Crippen LogP contribution >= 0.6 is 0 Å². The van der Waals surface area contributed by atoms with Gasteiger partial charge < -0.3 is 0 Å². The van der Waals surface area contributed by atoms with Crippen LogP contribution in [0.4, 0.5) is 0 Å². The summed E-state index contributed by atoms with van der Waals surface area (Å²) < 4.78 is 0. The molecule has 0 aromatic rings. The Kier molecular flexibility index (Phi) is 10.6. The zero-order valence-corrected chi connectivity index (χ0v) is 9.93. The molecule has 0 N–H and O–H groups in total. The Labute approximate surface area is 93.7 Å². The van der Waals surface area contributed by atoms with Gasteiger partial charge in [-0.3, -0.25) is 4.79 Å². The molecule has 0 aromatic carbocycles. The van der Waals surface area contributed by atoms with Gasteiger partial charge in [0.15, 0.2) is 0 Å². The molecule has 0 fully saturated rings. The normalized spacial score (nSPS) is 9.87. The lowest BCUT2D eigenvalue weighted by atomic mass is 10.1. The lowest BCUT2D eigenvalue weighted by Crippen LogP contribution is -1.95. The third-order valence-corrected chi connectivity index (χ3v) is 2.59. The number of rotatable bonds is 10. The smallest absolute Gasteiger partial charge is 0.146 e. The van der Waals surface area contributed by atoms with Crippen molar-refractivity contribution >= 4 is 5.78 Å². The maximum Gasteiger partial charge on any atom is 0.146 e. The van der Waals surface area contributed by atoms with E-state index in [1.165, 1.54) is 38.5 Å². The zero-order chi connectivity index (χ0) is 11.4. The average Bonchev–Trinajstić information content (AvgIpc) is 2.22. The molecule has 2 nitrogen and oxygen atoms in total. The number of nitrogens with zero attached hydrogens (tertiary/aromatic N) is 1. The van der Waals surface area contributed by atoms with E-state index in [0.717, 1.165) is 12.8 Å². The predicted octanol–water partition coefficient (Wildman–Crippen LogP) is 4.00. The van der Waals surface area contributed by atoms with E-state index in [4.69, 9.17) is 5.26 Å². The van der Waals surface area contributed by atoms with Gasteiger partial charge in [0.05, 0.1) is 12.5 Å². The quantitative estimate of drug-likeness (QED) is 0.510. The van der Waals surface area contributed by atoms with Crippen molar-refractivity contribution in [3.05, 3.63) is 0 Å². The molecular formula is C13H23NO. The van der Waals surface area contributed by atoms with Gasteiger partial charge in [-0.15, -0.1) is 0 Å². The molecule has 0 aliphatic carbocycles. The van der Waals surface area contributed by atoms with Crippen molar-refractivity contribution < 1.29 is 4.79 Å². The van der Waals surface area contributed by atoms with Gasteiger partial charge >= 0.3 is 0 Å². The minimum atomic E-state index is 0.0938. The van der Waals surface area contributed by atoms with Gasteiger partial charge in [-0.2, -0.15) is 5.26 Å². The summed E-state index contributed by atoms with van der Waals surface area (Å²) in [4.78, 5) is 11.0. The fourth-order valence-electron chi connectivity index (χ4n) is 1.63. The second-order valence-electron chi connectivity index (χ2n) is 4.10. The van der Waals surface area contributed by atoms with Crippen LogP contribution in [0.5, 0.6) is 0 Å². The minimum absolute atomic E-state index is 0.0938. The van der Waals surface area contributed by atoms with E-state index >= 15 is 0 Å². The van der Waals surface area contributed by atoms with Crippen LogP contribution in [0.15, 0.2) is 0 Å². The van der Waals surface area contributed by atoms with Crippen molar-refractivity contribution in [3.63, 3.8) is 0 Å². The van der Waals surface area contributed by atoms with Crippen molar-refractivity contribution in [1.82, 2.24) is 0 Å². The number of ketones is 1. The van der Waals surface area contributed by atoms with E-state index in [1.54, 1.807) is 0 Å². The molecule has 0 saturated heterocycles. The number of carbonyl (C=O) groups excluding carboxylic acids is 1. The summed E-state index contributed by atoms with van der Waals surface area (Å²) in [5.41, 5.74) is 0. The number of Topliss-reactive ketones (excluding diaryl/α,β-unsaturated/α-hetero) is 1. The van der Waals surface area contributed by atoms with Crippen molar-refractivity contribution in [1.29, 1.82) is 5.26 Å². The molecule has 0 spiro atoms. The van der Waals surface area contributed by atoms with E-state index in [2.05, 4.69) is 6.92 Å². The molecule has 0 saturated carbocycles. The average molecular weight is 209 g/mol. The number of hydrogen-bond donors (Lipinski definition) is 0. The Morgan fingerprint density at radius 3 is 2.07 bits per heavy atom. The number of hydrogen-bond acceptors (Lipinski definition) is 2. The first-order valence-corrected chi connectivity index (χ1v) is 6.20. The molecule has 0 heterocycles. The highest BCUT2D eigenvalue weighted by atomic mass is 16.1. The fraction of sp³-hybridized carbons (Fsp3) is 0.846. The Balaban J connectivity index is 3.05. The number of nitriles is 1. The van der Waals surface area contributed by atoms with Crippen LogP contribution in [0.25, 0.3) is 0 Å². The first kappa shape index (κ1) is 14.2. The Morgan fingerprint density at radius 1 is 1.00 bits per heavy atom. The van der Waals surface area contributed by atoms with Gasteiger partial charge in [-0.25, -0.2) is 0 Å². The third kappa shape index (κ3) is 11.1. The lowest BCUT2D eigenvalue weighted by molar-refractivity contribution is -0.118. The van der Waals surface area contributed by atoms with Crippen molar-refractivity contribution in [2.45, 2.75) is 71.1 Å². The summed E-state index contributed by atoms with van der Waals surface area (Å²) in [6, 6.07) is 1.89.